The fourth-order valence-electron chi connectivity index (χ4n) is 4.76. The first-order valence-corrected chi connectivity index (χ1v) is 11.6. The Bertz CT molecular complexity index is 863. The molecule has 9 nitrogen and oxygen atoms in total. The average molecular weight is 459 g/mol. The van der Waals surface area contributed by atoms with E-state index in [1.807, 2.05) is 18.2 Å². The van der Waals surface area contributed by atoms with Crippen molar-refractivity contribution in [2.45, 2.75) is 57.9 Å². The molecule has 1 atom stereocenters. The molecule has 0 aliphatic carbocycles. The van der Waals surface area contributed by atoms with E-state index in [1.165, 1.54) is 12.5 Å². The number of nitrogens with two attached hydrogens (primary N) is 1. The number of nitrogens with zero attached hydrogens (tertiary/aromatic N) is 1. The van der Waals surface area contributed by atoms with E-state index in [0.717, 1.165) is 31.4 Å². The predicted octanol–water partition coefficient (Wildman–Crippen LogP) is 0.897. The van der Waals surface area contributed by atoms with Crippen molar-refractivity contribution in [3.63, 3.8) is 0 Å². The van der Waals surface area contributed by atoms with Gasteiger partial charge >= 0.3 is 0 Å². The molecule has 0 unspecified atom stereocenters. The van der Waals surface area contributed by atoms with E-state index >= 15 is 0 Å². The van der Waals surface area contributed by atoms with E-state index in [9.17, 15) is 19.2 Å². The summed E-state index contributed by atoms with van der Waals surface area (Å²) in [6, 6.07) is 7.03. The van der Waals surface area contributed by atoms with Gasteiger partial charge in [0.25, 0.3) is 0 Å². The molecular formula is C24H34N4O5. The second kappa shape index (κ2) is 11.2. The lowest BCUT2D eigenvalue weighted by Crippen LogP contribution is -2.55. The van der Waals surface area contributed by atoms with Gasteiger partial charge in [-0.25, -0.2) is 0 Å². The maximum atomic E-state index is 13.2. The number of benzene rings is 1. The number of primary amides is 1. The molecule has 1 saturated heterocycles. The van der Waals surface area contributed by atoms with Gasteiger partial charge in [-0.15, -0.1) is 0 Å². The number of fused-ring (bicyclic) bond motifs is 1. The number of carbonyl (C=O) groups is 4. The molecule has 1 fully saturated rings. The molecule has 9 heteroatoms. The van der Waals surface area contributed by atoms with Crippen molar-refractivity contribution in [1.29, 1.82) is 0 Å². The first kappa shape index (κ1) is 24.5. The molecule has 2 aliphatic rings. The number of likely N-dealkylation sites (tertiary alicyclic amines) is 1. The van der Waals surface area contributed by atoms with Crippen LogP contribution in [0.25, 0.3) is 0 Å². The van der Waals surface area contributed by atoms with Crippen LogP contribution in [0.15, 0.2) is 24.3 Å². The second-order valence-electron chi connectivity index (χ2n) is 8.95. The molecule has 2 aliphatic heterocycles. The van der Waals surface area contributed by atoms with E-state index in [0.29, 0.717) is 39.1 Å². The summed E-state index contributed by atoms with van der Waals surface area (Å²) >= 11 is 0. The fourth-order valence-corrected chi connectivity index (χ4v) is 4.76. The summed E-state index contributed by atoms with van der Waals surface area (Å²) in [5.41, 5.74) is 5.89. The van der Waals surface area contributed by atoms with E-state index in [2.05, 4.69) is 16.7 Å². The maximum absolute atomic E-state index is 13.2. The zero-order valence-corrected chi connectivity index (χ0v) is 19.2. The zero-order valence-electron chi connectivity index (χ0n) is 19.2. The highest BCUT2D eigenvalue weighted by Crippen LogP contribution is 2.38. The van der Waals surface area contributed by atoms with Crippen LogP contribution >= 0.6 is 0 Å². The Balaban J connectivity index is 1.65. The van der Waals surface area contributed by atoms with Crippen LogP contribution in [0.1, 0.15) is 51.0 Å². The molecule has 33 heavy (non-hydrogen) atoms. The van der Waals surface area contributed by atoms with Gasteiger partial charge in [-0.1, -0.05) is 24.6 Å². The number of para-hydroxylation sites is 1. The molecule has 0 radical (unpaired) electrons. The smallest absolute Gasteiger partial charge is 0.245 e. The van der Waals surface area contributed by atoms with Gasteiger partial charge in [0.1, 0.15) is 18.4 Å². The van der Waals surface area contributed by atoms with Crippen molar-refractivity contribution in [2.24, 2.45) is 11.1 Å². The van der Waals surface area contributed by atoms with Crippen LogP contribution in [0.3, 0.4) is 0 Å². The van der Waals surface area contributed by atoms with E-state index in [4.69, 9.17) is 10.5 Å². The second-order valence-corrected chi connectivity index (χ2v) is 8.95. The Morgan fingerprint density at radius 3 is 2.61 bits per heavy atom. The van der Waals surface area contributed by atoms with Gasteiger partial charge in [-0.2, -0.15) is 0 Å². The van der Waals surface area contributed by atoms with Crippen LogP contribution < -0.4 is 21.1 Å². The Morgan fingerprint density at radius 2 is 1.91 bits per heavy atom. The molecule has 1 aromatic carbocycles. The number of amides is 4. The first-order valence-electron chi connectivity index (χ1n) is 11.6. The van der Waals surface area contributed by atoms with Crippen molar-refractivity contribution in [2.75, 3.05) is 26.2 Å². The van der Waals surface area contributed by atoms with Gasteiger partial charge in [0.15, 0.2) is 0 Å². The van der Waals surface area contributed by atoms with Crippen molar-refractivity contribution in [3.8, 4) is 5.75 Å². The highest BCUT2D eigenvalue weighted by Gasteiger charge is 2.42. The topological polar surface area (TPSA) is 131 Å². The van der Waals surface area contributed by atoms with Crippen LogP contribution in [0.2, 0.25) is 0 Å². The normalized spacial score (nSPS) is 19.7. The van der Waals surface area contributed by atoms with E-state index in [1.54, 1.807) is 4.90 Å². The number of nitrogens with one attached hydrogen (secondary N) is 2. The van der Waals surface area contributed by atoms with Crippen LogP contribution in [0.5, 0.6) is 5.75 Å². The van der Waals surface area contributed by atoms with Crippen LogP contribution in [-0.2, 0) is 25.6 Å². The average Bonchev–Trinajstić information content (AvgIpc) is 2.78. The summed E-state index contributed by atoms with van der Waals surface area (Å²) in [5, 5.41) is 5.54. The highest BCUT2D eigenvalue weighted by molar-refractivity contribution is 5.91. The summed E-state index contributed by atoms with van der Waals surface area (Å²) in [5.74, 6) is -0.512. The van der Waals surface area contributed by atoms with Crippen LogP contribution in [0.4, 0.5) is 0 Å². The standard InChI is InChI=1S/C24H34N4O5/c1-17(29)27-19(16-21(25)30)22(31)28-13-10-24(11-14-28)9-5-4-7-18-6-2-3-8-20(18)33-15-12-26-23(24)32/h2-3,6,8,19H,4-5,7,9-16H2,1H3,(H2,25,30)(H,26,32)(H,27,29)/t19-/m1/s1. The van der Waals surface area contributed by atoms with Crippen molar-refractivity contribution < 1.29 is 23.9 Å². The van der Waals surface area contributed by atoms with E-state index < -0.39 is 23.3 Å². The van der Waals surface area contributed by atoms with Gasteiger partial charge in [-0.05, 0) is 43.7 Å². The lowest BCUT2D eigenvalue weighted by molar-refractivity contribution is -0.144. The lowest BCUT2D eigenvalue weighted by Gasteiger charge is -2.41. The zero-order chi connectivity index (χ0) is 23.8. The Labute approximate surface area is 194 Å². The third kappa shape index (κ3) is 6.46. The molecule has 0 aromatic heterocycles. The molecule has 1 aromatic rings. The quantitative estimate of drug-likeness (QED) is 0.617. The molecule has 2 heterocycles. The third-order valence-corrected chi connectivity index (χ3v) is 6.56. The van der Waals surface area contributed by atoms with Gasteiger partial charge in [-0.3, -0.25) is 19.2 Å². The Kier molecular flexibility index (Phi) is 8.30. The number of carbonyl (C=O) groups excluding carboxylic acids is 4. The van der Waals surface area contributed by atoms with Crippen LogP contribution in [-0.4, -0.2) is 60.8 Å². The fraction of sp³-hybridized carbons (Fsp3) is 0.583. The minimum Gasteiger partial charge on any atom is -0.491 e. The number of hydrogen-bond donors (Lipinski definition) is 3. The van der Waals surface area contributed by atoms with Gasteiger partial charge in [0.05, 0.1) is 18.4 Å². The number of hydrogen-bond acceptors (Lipinski definition) is 5. The number of aryl methyl sites for hydroxylation is 1. The van der Waals surface area contributed by atoms with Gasteiger partial charge < -0.3 is 26.0 Å². The Morgan fingerprint density at radius 1 is 1.18 bits per heavy atom. The molecule has 3 rings (SSSR count). The molecule has 0 bridgehead atoms. The summed E-state index contributed by atoms with van der Waals surface area (Å²) in [7, 11) is 0. The molecular weight excluding hydrogens is 424 g/mol. The lowest BCUT2D eigenvalue weighted by atomic mass is 9.73. The highest BCUT2D eigenvalue weighted by atomic mass is 16.5. The minimum absolute atomic E-state index is 0.00241. The van der Waals surface area contributed by atoms with Crippen molar-refractivity contribution >= 4 is 23.6 Å². The maximum Gasteiger partial charge on any atom is 0.245 e. The SMILES string of the molecule is CC(=O)N[C@H](CC(N)=O)C(=O)N1CCC2(CCCCc3ccccc3OCCNC2=O)CC1. The third-order valence-electron chi connectivity index (χ3n) is 6.56. The summed E-state index contributed by atoms with van der Waals surface area (Å²) in [6.45, 7) is 2.89. The van der Waals surface area contributed by atoms with Crippen molar-refractivity contribution in [1.82, 2.24) is 15.5 Å². The van der Waals surface area contributed by atoms with Gasteiger partial charge in [0, 0.05) is 20.0 Å². The van der Waals surface area contributed by atoms with Gasteiger partial charge in [0.2, 0.25) is 23.6 Å². The molecule has 4 N–H and O–H groups in total. The minimum atomic E-state index is -0.976. The summed E-state index contributed by atoms with van der Waals surface area (Å²) in [6.07, 6.45) is 4.30. The summed E-state index contributed by atoms with van der Waals surface area (Å²) in [4.78, 5) is 50.6. The van der Waals surface area contributed by atoms with Crippen molar-refractivity contribution in [3.05, 3.63) is 29.8 Å². The number of piperidine rings is 1. The number of ether oxygens (including phenoxy) is 1. The van der Waals surface area contributed by atoms with E-state index in [-0.39, 0.29) is 18.2 Å². The number of rotatable bonds is 4. The monoisotopic (exact) mass is 458 g/mol. The molecule has 180 valence electrons. The van der Waals surface area contributed by atoms with Crippen LogP contribution in [0, 0.1) is 5.41 Å². The largest absolute Gasteiger partial charge is 0.491 e. The molecule has 1 spiro atoms. The molecule has 0 saturated carbocycles. The molecule has 4 amide bonds. The first-order chi connectivity index (χ1) is 15.8. The predicted molar refractivity (Wildman–Crippen MR) is 122 cm³/mol. The summed E-state index contributed by atoms with van der Waals surface area (Å²) < 4.78 is 5.88. The Hall–Kier alpha value is -3.10.